The van der Waals surface area contributed by atoms with E-state index in [1.807, 2.05) is 6.08 Å². The molecule has 1 nitrogen and oxygen atoms in total. The van der Waals surface area contributed by atoms with Crippen molar-refractivity contribution in [2.75, 3.05) is 9.87 Å². The predicted octanol–water partition coefficient (Wildman–Crippen LogP) is 5.17. The molecule has 0 radical (unpaired) electrons. The molecule has 88 valence electrons. The SMILES string of the molecule is C=Cc1sc(-c2ccc(C)cc2)cc1NCI. The molecule has 0 bridgehead atoms. The van der Waals surface area contributed by atoms with E-state index in [0.29, 0.717) is 0 Å². The fraction of sp³-hybridized carbons (Fsp3) is 0.143. The molecule has 0 aliphatic heterocycles. The van der Waals surface area contributed by atoms with Gasteiger partial charge < -0.3 is 5.32 Å². The lowest BCUT2D eigenvalue weighted by molar-refractivity contribution is 1.47. The summed E-state index contributed by atoms with van der Waals surface area (Å²) in [6, 6.07) is 10.8. The van der Waals surface area contributed by atoms with E-state index in [1.54, 1.807) is 11.3 Å². The molecule has 1 heterocycles. The molecule has 1 N–H and O–H groups in total. The van der Waals surface area contributed by atoms with E-state index in [9.17, 15) is 0 Å². The molecule has 0 saturated carbocycles. The van der Waals surface area contributed by atoms with Gasteiger partial charge in [-0.1, -0.05) is 65.1 Å². The van der Waals surface area contributed by atoms with Crippen molar-refractivity contribution in [1.29, 1.82) is 0 Å². The van der Waals surface area contributed by atoms with Crippen LogP contribution < -0.4 is 5.32 Å². The van der Waals surface area contributed by atoms with Gasteiger partial charge in [0.05, 0.1) is 15.1 Å². The van der Waals surface area contributed by atoms with Crippen molar-refractivity contribution >= 4 is 45.7 Å². The monoisotopic (exact) mass is 355 g/mol. The van der Waals surface area contributed by atoms with Gasteiger partial charge in [-0.25, -0.2) is 0 Å². The highest BCUT2D eigenvalue weighted by molar-refractivity contribution is 14.1. The molecule has 0 spiro atoms. The maximum Gasteiger partial charge on any atom is 0.0671 e. The molecule has 17 heavy (non-hydrogen) atoms. The topological polar surface area (TPSA) is 12.0 Å². The van der Waals surface area contributed by atoms with Gasteiger partial charge in [-0.2, -0.15) is 0 Å². The molecule has 1 aromatic carbocycles. The van der Waals surface area contributed by atoms with Gasteiger partial charge in [0.15, 0.2) is 0 Å². The van der Waals surface area contributed by atoms with E-state index in [0.717, 1.165) is 4.55 Å². The van der Waals surface area contributed by atoms with E-state index in [-0.39, 0.29) is 0 Å². The van der Waals surface area contributed by atoms with Crippen LogP contribution in [0.25, 0.3) is 16.5 Å². The Kier molecular flexibility index (Phi) is 4.23. The Hall–Kier alpha value is -0.810. The quantitative estimate of drug-likeness (QED) is 0.453. The summed E-state index contributed by atoms with van der Waals surface area (Å²) in [7, 11) is 0. The molecule has 0 aliphatic rings. The number of aryl methyl sites for hydroxylation is 1. The van der Waals surface area contributed by atoms with Gasteiger partial charge in [0.2, 0.25) is 0 Å². The zero-order valence-corrected chi connectivity index (χ0v) is 12.6. The Morgan fingerprint density at radius 2 is 2.06 bits per heavy atom. The normalized spacial score (nSPS) is 10.2. The number of hydrogen-bond acceptors (Lipinski definition) is 2. The fourth-order valence-corrected chi connectivity index (χ4v) is 3.03. The van der Waals surface area contributed by atoms with Gasteiger partial charge in [-0.05, 0) is 18.6 Å². The van der Waals surface area contributed by atoms with Gasteiger partial charge >= 0.3 is 0 Å². The molecule has 0 saturated heterocycles. The number of alkyl halides is 1. The second-order valence-electron chi connectivity index (χ2n) is 3.77. The summed E-state index contributed by atoms with van der Waals surface area (Å²) in [4.78, 5) is 2.49. The molecule has 2 aromatic rings. The number of halogens is 1. The van der Waals surface area contributed by atoms with Crippen LogP contribution in [0.3, 0.4) is 0 Å². The van der Waals surface area contributed by atoms with Gasteiger partial charge in [0, 0.05) is 4.88 Å². The Morgan fingerprint density at radius 1 is 1.35 bits per heavy atom. The summed E-state index contributed by atoms with van der Waals surface area (Å²) in [5, 5.41) is 3.35. The van der Waals surface area contributed by atoms with E-state index >= 15 is 0 Å². The second kappa shape index (κ2) is 5.69. The van der Waals surface area contributed by atoms with Crippen LogP contribution in [-0.4, -0.2) is 4.55 Å². The standard InChI is InChI=1S/C14H14INS/c1-3-13-12(16-9-15)8-14(17-13)11-6-4-10(2)5-7-11/h3-8,16H,1,9H2,2H3. The van der Waals surface area contributed by atoms with Crippen molar-refractivity contribution in [2.24, 2.45) is 0 Å². The number of benzene rings is 1. The van der Waals surface area contributed by atoms with Crippen molar-refractivity contribution in [3.63, 3.8) is 0 Å². The molecule has 1 aromatic heterocycles. The average molecular weight is 355 g/mol. The number of rotatable bonds is 4. The predicted molar refractivity (Wildman–Crippen MR) is 87.1 cm³/mol. The highest BCUT2D eigenvalue weighted by Gasteiger charge is 2.07. The van der Waals surface area contributed by atoms with Crippen molar-refractivity contribution < 1.29 is 0 Å². The summed E-state index contributed by atoms with van der Waals surface area (Å²) >= 11 is 4.09. The molecule has 0 unspecified atom stereocenters. The van der Waals surface area contributed by atoms with E-state index < -0.39 is 0 Å². The third-order valence-corrected chi connectivity index (χ3v) is 4.10. The summed E-state index contributed by atoms with van der Waals surface area (Å²) in [6.45, 7) is 5.97. The van der Waals surface area contributed by atoms with Crippen LogP contribution in [0.15, 0.2) is 36.9 Å². The Balaban J connectivity index is 2.38. The van der Waals surface area contributed by atoms with Crippen LogP contribution in [0.5, 0.6) is 0 Å². The molecule has 0 amide bonds. The smallest absolute Gasteiger partial charge is 0.0671 e. The van der Waals surface area contributed by atoms with Crippen LogP contribution in [0.1, 0.15) is 10.4 Å². The third-order valence-electron chi connectivity index (χ3n) is 2.54. The first kappa shape index (κ1) is 12.6. The van der Waals surface area contributed by atoms with Crippen molar-refractivity contribution in [1.82, 2.24) is 0 Å². The first-order chi connectivity index (χ1) is 8.24. The Labute approximate surface area is 120 Å². The first-order valence-corrected chi connectivity index (χ1v) is 7.72. The zero-order chi connectivity index (χ0) is 12.3. The lowest BCUT2D eigenvalue weighted by atomic mass is 10.1. The lowest BCUT2D eigenvalue weighted by Crippen LogP contribution is -1.92. The zero-order valence-electron chi connectivity index (χ0n) is 9.66. The minimum absolute atomic E-state index is 0.905. The van der Waals surface area contributed by atoms with Crippen LogP contribution in [0, 0.1) is 6.92 Å². The maximum atomic E-state index is 3.86. The van der Waals surface area contributed by atoms with Gasteiger partial charge in [-0.3, -0.25) is 0 Å². The first-order valence-electron chi connectivity index (χ1n) is 5.37. The van der Waals surface area contributed by atoms with Crippen molar-refractivity contribution in [2.45, 2.75) is 6.92 Å². The van der Waals surface area contributed by atoms with Crippen LogP contribution in [0.2, 0.25) is 0 Å². The largest absolute Gasteiger partial charge is 0.375 e. The highest BCUT2D eigenvalue weighted by atomic mass is 127. The second-order valence-corrected chi connectivity index (χ2v) is 5.62. The van der Waals surface area contributed by atoms with Crippen LogP contribution in [0.4, 0.5) is 5.69 Å². The number of thiophene rings is 1. The fourth-order valence-electron chi connectivity index (χ4n) is 1.63. The maximum absolute atomic E-state index is 3.86. The summed E-state index contributed by atoms with van der Waals surface area (Å²) in [5.41, 5.74) is 3.74. The van der Waals surface area contributed by atoms with Crippen LogP contribution in [-0.2, 0) is 0 Å². The average Bonchev–Trinajstić information content (AvgIpc) is 2.74. The highest BCUT2D eigenvalue weighted by Crippen LogP contribution is 2.35. The molecule has 0 fully saturated rings. The van der Waals surface area contributed by atoms with E-state index in [4.69, 9.17) is 0 Å². The molecule has 0 aliphatic carbocycles. The van der Waals surface area contributed by atoms with E-state index in [2.05, 4.69) is 71.7 Å². The summed E-state index contributed by atoms with van der Waals surface area (Å²) < 4.78 is 0.905. The molecular weight excluding hydrogens is 341 g/mol. The number of nitrogens with one attached hydrogen (secondary N) is 1. The summed E-state index contributed by atoms with van der Waals surface area (Å²) in [5.74, 6) is 0. The van der Waals surface area contributed by atoms with E-state index in [1.165, 1.54) is 26.6 Å². The molecule has 2 rings (SSSR count). The van der Waals surface area contributed by atoms with Gasteiger partial charge in [0.1, 0.15) is 0 Å². The van der Waals surface area contributed by atoms with Crippen LogP contribution >= 0.6 is 33.9 Å². The molecule has 3 heteroatoms. The molecule has 0 atom stereocenters. The Bertz CT molecular complexity index is 514. The van der Waals surface area contributed by atoms with Crippen molar-refractivity contribution in [3.8, 4) is 10.4 Å². The van der Waals surface area contributed by atoms with Gasteiger partial charge in [-0.15, -0.1) is 11.3 Å². The minimum atomic E-state index is 0.905. The molecular formula is C14H14INS. The van der Waals surface area contributed by atoms with Crippen molar-refractivity contribution in [3.05, 3.63) is 47.4 Å². The van der Waals surface area contributed by atoms with Gasteiger partial charge in [0.25, 0.3) is 0 Å². The number of anilines is 1. The summed E-state index contributed by atoms with van der Waals surface area (Å²) in [6.07, 6.45) is 1.91. The third kappa shape index (κ3) is 2.90. The lowest BCUT2D eigenvalue weighted by Gasteiger charge is -1.98. The minimum Gasteiger partial charge on any atom is -0.375 e. The Morgan fingerprint density at radius 3 is 2.65 bits per heavy atom. The number of hydrogen-bond donors (Lipinski definition) is 1.